The van der Waals surface area contributed by atoms with Crippen molar-refractivity contribution in [3.8, 4) is 0 Å². The predicted molar refractivity (Wildman–Crippen MR) is 68.3 cm³/mol. The zero-order valence-electron chi connectivity index (χ0n) is 10.5. The molecule has 0 spiro atoms. The van der Waals surface area contributed by atoms with Gasteiger partial charge in [0.1, 0.15) is 6.04 Å². The van der Waals surface area contributed by atoms with E-state index in [0.29, 0.717) is 31.1 Å². The molecular weight excluding hydrogens is 254 g/mol. The molecule has 1 aliphatic carbocycles. The fraction of sp³-hybridized carbons (Fsp3) is 0.833. The number of carboxylic acids is 1. The van der Waals surface area contributed by atoms with Crippen LogP contribution in [0, 0.1) is 5.92 Å². The van der Waals surface area contributed by atoms with E-state index in [1.165, 1.54) is 0 Å². The summed E-state index contributed by atoms with van der Waals surface area (Å²) in [6.45, 7) is 0.540. The Morgan fingerprint density at radius 3 is 2.72 bits per heavy atom. The summed E-state index contributed by atoms with van der Waals surface area (Å²) in [7, 11) is 1.60. The molecule has 2 rings (SSSR count). The van der Waals surface area contributed by atoms with Gasteiger partial charge in [-0.15, -0.1) is 11.8 Å². The molecule has 0 bridgehead atoms. The van der Waals surface area contributed by atoms with Crippen LogP contribution in [-0.4, -0.2) is 52.8 Å². The van der Waals surface area contributed by atoms with E-state index in [1.54, 1.807) is 23.8 Å². The van der Waals surface area contributed by atoms with Crippen molar-refractivity contribution in [1.29, 1.82) is 0 Å². The van der Waals surface area contributed by atoms with Gasteiger partial charge in [0.05, 0.1) is 5.37 Å². The number of ether oxygens (including phenoxy) is 1. The van der Waals surface area contributed by atoms with Crippen LogP contribution in [0.5, 0.6) is 0 Å². The first-order chi connectivity index (χ1) is 8.65. The second kappa shape index (κ2) is 5.93. The molecule has 18 heavy (non-hydrogen) atoms. The molecular formula is C12H19NO4S. The Bertz CT molecular complexity index is 332. The highest BCUT2D eigenvalue weighted by Gasteiger charge is 2.47. The van der Waals surface area contributed by atoms with Gasteiger partial charge in [-0.25, -0.2) is 4.79 Å². The lowest BCUT2D eigenvalue weighted by Gasteiger charge is -2.27. The minimum Gasteiger partial charge on any atom is -0.480 e. The number of carboxylic acid groups (broad SMARTS) is 1. The van der Waals surface area contributed by atoms with Gasteiger partial charge >= 0.3 is 5.97 Å². The van der Waals surface area contributed by atoms with Crippen molar-refractivity contribution in [2.45, 2.75) is 37.1 Å². The predicted octanol–water partition coefficient (Wildman–Crippen LogP) is 1.18. The van der Waals surface area contributed by atoms with E-state index >= 15 is 0 Å². The van der Waals surface area contributed by atoms with Gasteiger partial charge in [0.25, 0.3) is 0 Å². The Kier molecular flexibility index (Phi) is 4.50. The van der Waals surface area contributed by atoms with Crippen molar-refractivity contribution in [2.24, 2.45) is 5.92 Å². The topological polar surface area (TPSA) is 66.8 Å². The van der Waals surface area contributed by atoms with Gasteiger partial charge in [0.2, 0.25) is 5.91 Å². The molecule has 102 valence electrons. The van der Waals surface area contributed by atoms with Crippen molar-refractivity contribution in [3.63, 3.8) is 0 Å². The lowest BCUT2D eigenvalue weighted by atomic mass is 10.2. The molecule has 2 fully saturated rings. The normalized spacial score (nSPS) is 27.5. The summed E-state index contributed by atoms with van der Waals surface area (Å²) in [4.78, 5) is 25.0. The Labute approximate surface area is 111 Å². The van der Waals surface area contributed by atoms with E-state index in [1.807, 2.05) is 0 Å². The van der Waals surface area contributed by atoms with Crippen LogP contribution in [0.4, 0.5) is 0 Å². The van der Waals surface area contributed by atoms with E-state index in [0.717, 1.165) is 12.8 Å². The monoisotopic (exact) mass is 273 g/mol. The summed E-state index contributed by atoms with van der Waals surface area (Å²) >= 11 is 1.62. The van der Waals surface area contributed by atoms with Crippen molar-refractivity contribution >= 4 is 23.6 Å². The second-order valence-electron chi connectivity index (χ2n) is 4.81. The Hall–Kier alpha value is -0.750. The number of methoxy groups -OCH3 is 1. The molecule has 1 N–H and O–H groups in total. The third kappa shape index (κ3) is 2.98. The van der Waals surface area contributed by atoms with Gasteiger partial charge in [0, 0.05) is 25.9 Å². The summed E-state index contributed by atoms with van der Waals surface area (Å²) in [5, 5.41) is 9.28. The third-order valence-corrected chi connectivity index (χ3v) is 4.83. The van der Waals surface area contributed by atoms with Crippen LogP contribution in [0.15, 0.2) is 0 Å². The van der Waals surface area contributed by atoms with Crippen LogP contribution in [0.3, 0.4) is 0 Å². The first-order valence-corrected chi connectivity index (χ1v) is 7.34. The number of amides is 1. The van der Waals surface area contributed by atoms with E-state index in [9.17, 15) is 14.7 Å². The molecule has 0 radical (unpaired) electrons. The molecule has 6 heteroatoms. The lowest BCUT2D eigenvalue weighted by molar-refractivity contribution is -0.149. The zero-order valence-corrected chi connectivity index (χ0v) is 11.3. The molecule has 5 nitrogen and oxygen atoms in total. The smallest absolute Gasteiger partial charge is 0.327 e. The van der Waals surface area contributed by atoms with Gasteiger partial charge in [-0.1, -0.05) is 0 Å². The molecule has 0 aromatic rings. The van der Waals surface area contributed by atoms with Crippen LogP contribution in [0.1, 0.15) is 25.7 Å². The van der Waals surface area contributed by atoms with E-state index < -0.39 is 12.0 Å². The largest absolute Gasteiger partial charge is 0.480 e. The Balaban J connectivity index is 1.98. The highest BCUT2D eigenvalue weighted by atomic mass is 32.2. The minimum absolute atomic E-state index is 0.0404. The average molecular weight is 273 g/mol. The number of hydrogen-bond acceptors (Lipinski definition) is 4. The SMILES string of the molecule is COCCCC(=O)N1C(C(=O)O)CSC1C1CC1. The summed E-state index contributed by atoms with van der Waals surface area (Å²) < 4.78 is 4.92. The van der Waals surface area contributed by atoms with Gasteiger partial charge in [-0.2, -0.15) is 0 Å². The highest BCUT2D eigenvalue weighted by molar-refractivity contribution is 8.00. The number of thioether (sulfide) groups is 1. The van der Waals surface area contributed by atoms with Crippen LogP contribution in [0.25, 0.3) is 0 Å². The summed E-state index contributed by atoms with van der Waals surface area (Å²) in [6.07, 6.45) is 3.26. The summed E-state index contributed by atoms with van der Waals surface area (Å²) in [5.74, 6) is 0.102. The van der Waals surface area contributed by atoms with Gasteiger partial charge in [-0.05, 0) is 25.2 Å². The quantitative estimate of drug-likeness (QED) is 0.736. The van der Waals surface area contributed by atoms with Crippen LogP contribution in [-0.2, 0) is 14.3 Å². The van der Waals surface area contributed by atoms with E-state index in [-0.39, 0.29) is 11.3 Å². The minimum atomic E-state index is -0.884. The molecule has 2 unspecified atom stereocenters. The average Bonchev–Trinajstić information content (AvgIpc) is 3.07. The van der Waals surface area contributed by atoms with Crippen LogP contribution in [0.2, 0.25) is 0 Å². The molecule has 1 aliphatic heterocycles. The summed E-state index contributed by atoms with van der Waals surface area (Å²) in [5.41, 5.74) is 0. The molecule has 1 saturated carbocycles. The second-order valence-corrected chi connectivity index (χ2v) is 5.96. The van der Waals surface area contributed by atoms with Crippen molar-refractivity contribution < 1.29 is 19.4 Å². The van der Waals surface area contributed by atoms with Crippen molar-refractivity contribution in [1.82, 2.24) is 4.90 Å². The van der Waals surface area contributed by atoms with Gasteiger partial charge in [-0.3, -0.25) is 4.79 Å². The van der Waals surface area contributed by atoms with Crippen LogP contribution >= 0.6 is 11.8 Å². The van der Waals surface area contributed by atoms with E-state index in [4.69, 9.17) is 4.74 Å². The third-order valence-electron chi connectivity index (χ3n) is 3.37. The number of aliphatic carboxylic acids is 1. The fourth-order valence-electron chi connectivity index (χ4n) is 2.28. The maximum Gasteiger partial charge on any atom is 0.327 e. The summed E-state index contributed by atoms with van der Waals surface area (Å²) in [6, 6.07) is -0.643. The van der Waals surface area contributed by atoms with Crippen molar-refractivity contribution in [2.75, 3.05) is 19.5 Å². The maximum atomic E-state index is 12.2. The number of rotatable bonds is 6. The Morgan fingerprint density at radius 1 is 1.44 bits per heavy atom. The number of hydrogen-bond donors (Lipinski definition) is 1. The number of carbonyl (C=O) groups excluding carboxylic acids is 1. The number of carbonyl (C=O) groups is 2. The number of nitrogens with zero attached hydrogens (tertiary/aromatic N) is 1. The van der Waals surface area contributed by atoms with Gasteiger partial charge < -0.3 is 14.7 Å². The molecule has 0 aromatic carbocycles. The standard InChI is InChI=1S/C12H19NO4S/c1-17-6-2-3-10(14)13-9(12(15)16)7-18-11(13)8-4-5-8/h8-9,11H,2-7H2,1H3,(H,15,16). The van der Waals surface area contributed by atoms with Crippen LogP contribution < -0.4 is 0 Å². The lowest BCUT2D eigenvalue weighted by Crippen LogP contribution is -2.46. The molecule has 2 atom stereocenters. The highest BCUT2D eigenvalue weighted by Crippen LogP contribution is 2.45. The van der Waals surface area contributed by atoms with E-state index in [2.05, 4.69) is 0 Å². The zero-order chi connectivity index (χ0) is 13.1. The molecule has 0 aromatic heterocycles. The molecule has 1 saturated heterocycles. The van der Waals surface area contributed by atoms with Crippen molar-refractivity contribution in [3.05, 3.63) is 0 Å². The Morgan fingerprint density at radius 2 is 2.17 bits per heavy atom. The van der Waals surface area contributed by atoms with Gasteiger partial charge in [0.15, 0.2) is 0 Å². The first kappa shape index (κ1) is 13.7. The molecule has 2 aliphatic rings. The molecule has 1 amide bonds. The maximum absolute atomic E-state index is 12.2. The molecule has 1 heterocycles. The fourth-order valence-corrected chi connectivity index (χ4v) is 3.93. The first-order valence-electron chi connectivity index (χ1n) is 6.29.